The van der Waals surface area contributed by atoms with Crippen LogP contribution in [0.15, 0.2) is 42.7 Å². The van der Waals surface area contributed by atoms with Crippen molar-refractivity contribution in [2.24, 2.45) is 5.41 Å². The summed E-state index contributed by atoms with van der Waals surface area (Å²) in [4.78, 5) is 24.4. The first-order valence-corrected chi connectivity index (χ1v) is 7.86. The number of nitrogens with zero attached hydrogens (tertiary/aromatic N) is 2. The average Bonchev–Trinajstić information content (AvgIpc) is 3.02. The molecule has 1 amide bonds. The summed E-state index contributed by atoms with van der Waals surface area (Å²) in [6, 6.07) is 8.87. The minimum Gasteiger partial charge on any atom is -0.394 e. The van der Waals surface area contributed by atoms with E-state index >= 15 is 0 Å². The van der Waals surface area contributed by atoms with Crippen LogP contribution in [-0.4, -0.2) is 39.2 Å². The lowest BCUT2D eigenvalue weighted by Crippen LogP contribution is -2.43. The zero-order valence-corrected chi connectivity index (χ0v) is 14.2. The highest BCUT2D eigenvalue weighted by Crippen LogP contribution is 2.20. The number of carbonyl (C=O) groups excluding carboxylic acids is 2. The number of aromatic nitrogens is 2. The molecule has 6 nitrogen and oxygen atoms in total. The normalized spacial score (nSPS) is 12.7. The van der Waals surface area contributed by atoms with E-state index in [2.05, 4.69) is 10.4 Å². The minimum atomic E-state index is -0.731. The maximum Gasteiger partial charge on any atom is 0.292 e. The van der Waals surface area contributed by atoms with Gasteiger partial charge in [0.15, 0.2) is 0 Å². The lowest BCUT2D eigenvalue weighted by atomic mass is 9.88. The lowest BCUT2D eigenvalue weighted by Gasteiger charge is -2.25. The first kappa shape index (κ1) is 17.9. The molecule has 0 saturated carbocycles. The Bertz CT molecular complexity index is 702. The second-order valence-corrected chi connectivity index (χ2v) is 6.96. The topological polar surface area (TPSA) is 84.2 Å². The number of aliphatic hydroxyl groups is 1. The molecule has 1 unspecified atom stereocenters. The van der Waals surface area contributed by atoms with Crippen molar-refractivity contribution in [3.8, 4) is 5.69 Å². The van der Waals surface area contributed by atoms with Gasteiger partial charge in [0.2, 0.25) is 0 Å². The van der Waals surface area contributed by atoms with Crippen LogP contribution in [0.4, 0.5) is 0 Å². The molecule has 2 N–H and O–H groups in total. The SMILES string of the molecule is CC(C)(C)CC(CO)NC(=O)C(=O)c1cnn(-c2ccccc2)c1. The molecule has 128 valence electrons. The number of benzene rings is 1. The maximum atomic E-state index is 12.3. The molecule has 2 rings (SSSR count). The quantitative estimate of drug-likeness (QED) is 0.627. The molecule has 0 aliphatic rings. The van der Waals surface area contributed by atoms with Crippen molar-refractivity contribution in [2.45, 2.75) is 33.2 Å². The highest BCUT2D eigenvalue weighted by molar-refractivity contribution is 6.42. The molecule has 6 heteroatoms. The Morgan fingerprint density at radius 3 is 2.50 bits per heavy atom. The first-order valence-electron chi connectivity index (χ1n) is 7.86. The minimum absolute atomic E-state index is 0.0675. The van der Waals surface area contributed by atoms with Gasteiger partial charge in [-0.05, 0) is 24.0 Å². The van der Waals surface area contributed by atoms with Crippen molar-refractivity contribution in [3.05, 3.63) is 48.3 Å². The zero-order valence-electron chi connectivity index (χ0n) is 14.2. The molecule has 0 radical (unpaired) electrons. The molecule has 2 aromatic rings. The molecule has 1 atom stereocenters. The summed E-state index contributed by atoms with van der Waals surface area (Å²) in [6.07, 6.45) is 3.47. The Morgan fingerprint density at radius 1 is 1.25 bits per heavy atom. The fourth-order valence-corrected chi connectivity index (χ4v) is 2.44. The zero-order chi connectivity index (χ0) is 17.7. The van der Waals surface area contributed by atoms with Crippen molar-refractivity contribution < 1.29 is 14.7 Å². The van der Waals surface area contributed by atoms with Crippen LogP contribution in [-0.2, 0) is 4.79 Å². The van der Waals surface area contributed by atoms with E-state index in [0.717, 1.165) is 5.69 Å². The number of aliphatic hydroxyl groups excluding tert-OH is 1. The van der Waals surface area contributed by atoms with E-state index in [9.17, 15) is 14.7 Å². The molecule has 1 aromatic carbocycles. The van der Waals surface area contributed by atoms with Gasteiger partial charge in [-0.1, -0.05) is 39.0 Å². The predicted octanol–water partition coefficient (Wildman–Crippen LogP) is 1.97. The molecule has 1 aromatic heterocycles. The van der Waals surface area contributed by atoms with Crippen LogP contribution in [0.3, 0.4) is 0 Å². The van der Waals surface area contributed by atoms with Crippen LogP contribution in [0.5, 0.6) is 0 Å². The smallest absolute Gasteiger partial charge is 0.292 e. The number of hydrogen-bond acceptors (Lipinski definition) is 4. The number of ketones is 1. The van der Waals surface area contributed by atoms with Gasteiger partial charge in [-0.3, -0.25) is 9.59 Å². The predicted molar refractivity (Wildman–Crippen MR) is 91.0 cm³/mol. The van der Waals surface area contributed by atoms with E-state index < -0.39 is 17.7 Å². The highest BCUT2D eigenvalue weighted by Gasteiger charge is 2.24. The molecule has 0 spiro atoms. The molecule has 1 heterocycles. The molecule has 0 saturated heterocycles. The van der Waals surface area contributed by atoms with Gasteiger partial charge < -0.3 is 10.4 Å². The van der Waals surface area contributed by atoms with E-state index in [0.29, 0.717) is 6.42 Å². The summed E-state index contributed by atoms with van der Waals surface area (Å²) in [5.41, 5.74) is 0.948. The van der Waals surface area contributed by atoms with Gasteiger partial charge in [0, 0.05) is 6.20 Å². The van der Waals surface area contributed by atoms with Crippen LogP contribution in [0.25, 0.3) is 5.69 Å². The summed E-state index contributed by atoms with van der Waals surface area (Å²) in [7, 11) is 0. The van der Waals surface area contributed by atoms with Gasteiger partial charge in [0.1, 0.15) is 0 Å². The van der Waals surface area contributed by atoms with E-state index in [1.165, 1.54) is 12.4 Å². The molecule has 0 aliphatic carbocycles. The fourth-order valence-electron chi connectivity index (χ4n) is 2.44. The van der Waals surface area contributed by atoms with Gasteiger partial charge in [-0.25, -0.2) is 4.68 Å². The van der Waals surface area contributed by atoms with Gasteiger partial charge in [-0.2, -0.15) is 5.10 Å². The number of para-hydroxylation sites is 1. The van der Waals surface area contributed by atoms with Crippen molar-refractivity contribution in [1.82, 2.24) is 15.1 Å². The average molecular weight is 329 g/mol. The number of Topliss-reactive ketones (excluding diaryl/α,β-unsaturated/α-hetero) is 1. The molecular weight excluding hydrogens is 306 g/mol. The largest absolute Gasteiger partial charge is 0.394 e. The summed E-state index contributed by atoms with van der Waals surface area (Å²) < 4.78 is 1.54. The second kappa shape index (κ2) is 7.40. The van der Waals surface area contributed by atoms with Crippen molar-refractivity contribution in [2.75, 3.05) is 6.61 Å². The van der Waals surface area contributed by atoms with Gasteiger partial charge in [0.05, 0.1) is 30.1 Å². The second-order valence-electron chi connectivity index (χ2n) is 6.96. The maximum absolute atomic E-state index is 12.3. The number of rotatable bonds is 6. The Hall–Kier alpha value is -2.47. The van der Waals surface area contributed by atoms with Gasteiger partial charge >= 0.3 is 0 Å². The molecule has 0 bridgehead atoms. The van der Waals surface area contributed by atoms with Crippen molar-refractivity contribution >= 4 is 11.7 Å². The lowest BCUT2D eigenvalue weighted by molar-refractivity contribution is -0.118. The third-order valence-electron chi connectivity index (χ3n) is 3.49. The first-order chi connectivity index (χ1) is 11.3. The number of hydrogen-bond donors (Lipinski definition) is 2. The van der Waals surface area contributed by atoms with Gasteiger partial charge in [-0.15, -0.1) is 0 Å². The monoisotopic (exact) mass is 329 g/mol. The number of amides is 1. The van der Waals surface area contributed by atoms with Gasteiger partial charge in [0.25, 0.3) is 11.7 Å². The third-order valence-corrected chi connectivity index (χ3v) is 3.49. The van der Waals surface area contributed by atoms with Crippen LogP contribution in [0, 0.1) is 5.41 Å². The van der Waals surface area contributed by atoms with E-state index in [1.807, 2.05) is 51.1 Å². The highest BCUT2D eigenvalue weighted by atomic mass is 16.3. The van der Waals surface area contributed by atoms with Crippen LogP contribution >= 0.6 is 0 Å². The fraction of sp³-hybridized carbons (Fsp3) is 0.389. The summed E-state index contributed by atoms with van der Waals surface area (Å²) in [6.45, 7) is 5.81. The van der Waals surface area contributed by atoms with E-state index in [1.54, 1.807) is 4.68 Å². The van der Waals surface area contributed by atoms with Crippen molar-refractivity contribution in [1.29, 1.82) is 0 Å². The number of carbonyl (C=O) groups is 2. The van der Waals surface area contributed by atoms with Crippen LogP contribution in [0.1, 0.15) is 37.6 Å². The Morgan fingerprint density at radius 2 is 1.92 bits per heavy atom. The third kappa shape index (κ3) is 4.76. The van der Waals surface area contributed by atoms with E-state index in [-0.39, 0.29) is 17.6 Å². The Labute approximate surface area is 141 Å². The molecule has 24 heavy (non-hydrogen) atoms. The summed E-state index contributed by atoms with van der Waals surface area (Å²) in [5.74, 6) is -1.39. The standard InChI is InChI=1S/C18H23N3O3/c1-18(2,3)9-14(12-22)20-17(24)16(23)13-10-19-21(11-13)15-7-5-4-6-8-15/h4-8,10-11,14,22H,9,12H2,1-3H3,(H,20,24). The number of nitrogens with one attached hydrogen (secondary N) is 1. The Balaban J connectivity index is 2.06. The molecule has 0 aliphatic heterocycles. The van der Waals surface area contributed by atoms with Crippen LogP contribution < -0.4 is 5.32 Å². The summed E-state index contributed by atoms with van der Waals surface area (Å²) in [5, 5.41) is 16.1. The Kier molecular flexibility index (Phi) is 5.51. The van der Waals surface area contributed by atoms with E-state index in [4.69, 9.17) is 0 Å². The van der Waals surface area contributed by atoms with Crippen LogP contribution in [0.2, 0.25) is 0 Å². The molecular formula is C18H23N3O3. The molecule has 0 fully saturated rings. The van der Waals surface area contributed by atoms with Crippen molar-refractivity contribution in [3.63, 3.8) is 0 Å². The summed E-state index contributed by atoms with van der Waals surface area (Å²) >= 11 is 0.